The Morgan fingerprint density at radius 2 is 1.96 bits per heavy atom. The van der Waals surface area contributed by atoms with E-state index in [9.17, 15) is 4.79 Å². The second-order valence-corrected chi connectivity index (χ2v) is 6.20. The van der Waals surface area contributed by atoms with Crippen molar-refractivity contribution in [1.29, 1.82) is 0 Å². The zero-order chi connectivity index (χ0) is 16.9. The minimum absolute atomic E-state index is 0.0569. The molecule has 3 rings (SSSR count). The fraction of sp³-hybridized carbons (Fsp3) is 0.125. The number of carbonyl (C=O) groups is 1. The molecular formula is C16H15N5O2S. The Kier molecular flexibility index (Phi) is 4.66. The molecule has 3 aromatic rings. The van der Waals surface area contributed by atoms with Crippen molar-refractivity contribution in [2.24, 2.45) is 0 Å². The molecule has 8 heteroatoms. The van der Waals surface area contributed by atoms with Crippen LogP contribution >= 0.6 is 11.3 Å². The zero-order valence-electron chi connectivity index (χ0n) is 12.9. The molecule has 1 aromatic carbocycles. The van der Waals surface area contributed by atoms with Gasteiger partial charge in [0.1, 0.15) is 4.88 Å². The molecule has 7 nitrogen and oxygen atoms in total. The molecule has 0 spiro atoms. The van der Waals surface area contributed by atoms with Gasteiger partial charge in [-0.1, -0.05) is 18.2 Å². The summed E-state index contributed by atoms with van der Waals surface area (Å²) < 4.78 is 5.22. The highest BCUT2D eigenvalue weighted by atomic mass is 32.1. The van der Waals surface area contributed by atoms with E-state index in [1.54, 1.807) is 6.07 Å². The SMILES string of the molecule is Cc1ccc(C(=O)OCc2nc(N)nc(Nc3ccccc3)n2)s1. The number of para-hydroxylation sites is 1. The third-order valence-electron chi connectivity index (χ3n) is 3.00. The van der Waals surface area contributed by atoms with Crippen molar-refractivity contribution < 1.29 is 9.53 Å². The van der Waals surface area contributed by atoms with E-state index >= 15 is 0 Å². The number of benzene rings is 1. The molecule has 2 aromatic heterocycles. The minimum Gasteiger partial charge on any atom is -0.453 e. The van der Waals surface area contributed by atoms with Gasteiger partial charge >= 0.3 is 5.97 Å². The van der Waals surface area contributed by atoms with Crippen molar-refractivity contribution in [3.8, 4) is 0 Å². The fourth-order valence-corrected chi connectivity index (χ4v) is 2.72. The van der Waals surface area contributed by atoms with Crippen molar-refractivity contribution in [3.63, 3.8) is 0 Å². The van der Waals surface area contributed by atoms with E-state index in [4.69, 9.17) is 10.5 Å². The van der Waals surface area contributed by atoms with Gasteiger partial charge in [-0.05, 0) is 31.2 Å². The number of nitrogens with zero attached hydrogens (tertiary/aromatic N) is 3. The van der Waals surface area contributed by atoms with Gasteiger partial charge in [0.25, 0.3) is 0 Å². The van der Waals surface area contributed by atoms with E-state index < -0.39 is 5.97 Å². The summed E-state index contributed by atoms with van der Waals surface area (Å²) >= 11 is 1.37. The monoisotopic (exact) mass is 341 g/mol. The van der Waals surface area contributed by atoms with Crippen molar-refractivity contribution in [3.05, 3.63) is 58.0 Å². The van der Waals surface area contributed by atoms with Crippen molar-refractivity contribution in [2.45, 2.75) is 13.5 Å². The van der Waals surface area contributed by atoms with Crippen LogP contribution in [0.4, 0.5) is 17.6 Å². The number of anilines is 3. The predicted molar refractivity (Wildman–Crippen MR) is 92.1 cm³/mol. The fourth-order valence-electron chi connectivity index (χ4n) is 1.95. The Morgan fingerprint density at radius 3 is 2.67 bits per heavy atom. The van der Waals surface area contributed by atoms with Crippen LogP contribution in [0.5, 0.6) is 0 Å². The van der Waals surface area contributed by atoms with Gasteiger partial charge in [0, 0.05) is 10.6 Å². The van der Waals surface area contributed by atoms with Crippen LogP contribution in [0.1, 0.15) is 20.4 Å². The predicted octanol–water partition coefficient (Wildman–Crippen LogP) is 2.92. The molecule has 0 aliphatic carbocycles. The Morgan fingerprint density at radius 1 is 1.17 bits per heavy atom. The highest BCUT2D eigenvalue weighted by Crippen LogP contribution is 2.17. The Labute approximate surface area is 142 Å². The first kappa shape index (κ1) is 15.9. The average Bonchev–Trinajstić information content (AvgIpc) is 3.00. The molecular weight excluding hydrogens is 326 g/mol. The summed E-state index contributed by atoms with van der Waals surface area (Å²) in [6.45, 7) is 1.85. The molecule has 122 valence electrons. The summed E-state index contributed by atoms with van der Waals surface area (Å²) in [4.78, 5) is 25.8. The molecule has 0 saturated carbocycles. The van der Waals surface area contributed by atoms with Crippen molar-refractivity contribution in [2.75, 3.05) is 11.1 Å². The number of hydrogen-bond donors (Lipinski definition) is 2. The maximum atomic E-state index is 12.0. The van der Waals surface area contributed by atoms with Gasteiger partial charge in [-0.3, -0.25) is 0 Å². The lowest BCUT2D eigenvalue weighted by Crippen LogP contribution is -2.10. The van der Waals surface area contributed by atoms with Crippen molar-refractivity contribution >= 4 is 34.9 Å². The largest absolute Gasteiger partial charge is 0.453 e. The first-order valence-corrected chi connectivity index (χ1v) is 7.98. The van der Waals surface area contributed by atoms with Crippen LogP contribution in [-0.4, -0.2) is 20.9 Å². The molecule has 2 heterocycles. The lowest BCUT2D eigenvalue weighted by atomic mass is 10.3. The summed E-state index contributed by atoms with van der Waals surface area (Å²) in [5.74, 6) is 0.223. The topological polar surface area (TPSA) is 103 Å². The number of aromatic nitrogens is 3. The van der Waals surface area contributed by atoms with Crippen LogP contribution in [0.15, 0.2) is 42.5 Å². The van der Waals surface area contributed by atoms with E-state index in [2.05, 4.69) is 20.3 Å². The van der Waals surface area contributed by atoms with E-state index in [1.807, 2.05) is 43.3 Å². The van der Waals surface area contributed by atoms with E-state index in [0.29, 0.717) is 10.8 Å². The molecule has 3 N–H and O–H groups in total. The molecule has 0 radical (unpaired) electrons. The van der Waals surface area contributed by atoms with Crippen LogP contribution in [0.2, 0.25) is 0 Å². The lowest BCUT2D eigenvalue weighted by molar-refractivity contribution is 0.0468. The number of carbonyl (C=O) groups excluding carboxylic acids is 1. The summed E-state index contributed by atoms with van der Waals surface area (Å²) in [5, 5.41) is 3.03. The van der Waals surface area contributed by atoms with Crippen LogP contribution < -0.4 is 11.1 Å². The first-order valence-electron chi connectivity index (χ1n) is 7.16. The normalized spacial score (nSPS) is 10.4. The molecule has 0 saturated heterocycles. The van der Waals surface area contributed by atoms with Crippen molar-refractivity contribution in [1.82, 2.24) is 15.0 Å². The second kappa shape index (κ2) is 7.05. The number of ether oxygens (including phenoxy) is 1. The second-order valence-electron chi connectivity index (χ2n) is 4.91. The van der Waals surface area contributed by atoms with E-state index in [1.165, 1.54) is 11.3 Å². The Bertz CT molecular complexity index is 851. The minimum atomic E-state index is -0.412. The van der Waals surface area contributed by atoms with E-state index in [-0.39, 0.29) is 18.4 Å². The number of hydrogen-bond acceptors (Lipinski definition) is 8. The number of nitrogens with one attached hydrogen (secondary N) is 1. The summed E-state index contributed by atoms with van der Waals surface area (Å²) in [7, 11) is 0. The van der Waals surface area contributed by atoms with Crippen LogP contribution in [0.3, 0.4) is 0 Å². The van der Waals surface area contributed by atoms with Gasteiger partial charge in [-0.2, -0.15) is 15.0 Å². The van der Waals surface area contributed by atoms with Gasteiger partial charge in [0.15, 0.2) is 12.4 Å². The maximum Gasteiger partial charge on any atom is 0.348 e. The van der Waals surface area contributed by atoms with Gasteiger partial charge in [0.05, 0.1) is 0 Å². The van der Waals surface area contributed by atoms with Crippen LogP contribution in [-0.2, 0) is 11.3 Å². The first-order chi connectivity index (χ1) is 11.6. The van der Waals surface area contributed by atoms with Crippen LogP contribution in [0.25, 0.3) is 0 Å². The number of rotatable bonds is 5. The molecule has 0 unspecified atom stereocenters. The lowest BCUT2D eigenvalue weighted by Gasteiger charge is -2.07. The van der Waals surface area contributed by atoms with E-state index in [0.717, 1.165) is 10.6 Å². The smallest absolute Gasteiger partial charge is 0.348 e. The third kappa shape index (κ3) is 4.05. The summed E-state index contributed by atoms with van der Waals surface area (Å²) in [6, 6.07) is 13.0. The van der Waals surface area contributed by atoms with Gasteiger partial charge in [-0.15, -0.1) is 11.3 Å². The molecule has 0 aliphatic heterocycles. The highest BCUT2D eigenvalue weighted by molar-refractivity contribution is 7.13. The third-order valence-corrected chi connectivity index (χ3v) is 3.98. The number of esters is 1. The average molecular weight is 341 g/mol. The number of nitrogen functional groups attached to an aromatic ring is 1. The Hall–Kier alpha value is -3.00. The molecule has 24 heavy (non-hydrogen) atoms. The van der Waals surface area contributed by atoms with Crippen LogP contribution in [0, 0.1) is 6.92 Å². The zero-order valence-corrected chi connectivity index (χ0v) is 13.7. The standard InChI is InChI=1S/C16H15N5O2S/c1-10-7-8-12(24-10)14(22)23-9-13-19-15(17)21-16(20-13)18-11-5-3-2-4-6-11/h2-8H,9H2,1H3,(H3,17,18,19,20,21). The number of thiophene rings is 1. The number of aryl methyl sites for hydroxylation is 1. The van der Waals surface area contributed by atoms with Gasteiger partial charge < -0.3 is 15.8 Å². The molecule has 0 bridgehead atoms. The molecule has 0 atom stereocenters. The summed E-state index contributed by atoms with van der Waals surface area (Å²) in [6.07, 6.45) is 0. The molecule has 0 amide bonds. The molecule has 0 aliphatic rings. The summed E-state index contributed by atoms with van der Waals surface area (Å²) in [5.41, 5.74) is 6.51. The van der Waals surface area contributed by atoms with Gasteiger partial charge in [-0.25, -0.2) is 4.79 Å². The number of nitrogens with two attached hydrogens (primary N) is 1. The van der Waals surface area contributed by atoms with Gasteiger partial charge in [0.2, 0.25) is 11.9 Å². The quantitative estimate of drug-likeness (QED) is 0.688. The Balaban J connectivity index is 1.68. The maximum absolute atomic E-state index is 12.0. The molecule has 0 fully saturated rings. The highest BCUT2D eigenvalue weighted by Gasteiger charge is 2.12.